The number of hydrogen-bond acceptors (Lipinski definition) is 3. The summed E-state index contributed by atoms with van der Waals surface area (Å²) in [4.78, 5) is 5.68. The predicted octanol–water partition coefficient (Wildman–Crippen LogP) is 3.76. The van der Waals surface area contributed by atoms with Gasteiger partial charge in [-0.1, -0.05) is 43.4 Å². The lowest BCUT2D eigenvalue weighted by Crippen LogP contribution is -2.48. The Morgan fingerprint density at radius 1 is 0.958 bits per heavy atom. The van der Waals surface area contributed by atoms with Gasteiger partial charge in [-0.2, -0.15) is 0 Å². The Balaban J connectivity index is 1.60. The number of nitrogens with zero attached hydrogens (tertiary/aromatic N) is 2. The van der Waals surface area contributed by atoms with Crippen LogP contribution in [0.25, 0.3) is 0 Å². The highest BCUT2D eigenvalue weighted by atomic mass is 32.1. The Morgan fingerprint density at radius 2 is 1.58 bits per heavy atom. The van der Waals surface area contributed by atoms with Crippen LogP contribution >= 0.6 is 12.2 Å². The molecule has 0 spiro atoms. The maximum Gasteiger partial charge on any atom is 0.119 e. The number of benzene rings is 2. The van der Waals surface area contributed by atoms with E-state index in [1.807, 2.05) is 12.1 Å². The fourth-order valence-corrected chi connectivity index (χ4v) is 3.35. The summed E-state index contributed by atoms with van der Waals surface area (Å²) in [6.07, 6.45) is 1.06. The first-order valence-corrected chi connectivity index (χ1v) is 8.89. The van der Waals surface area contributed by atoms with Crippen molar-refractivity contribution in [2.75, 3.05) is 38.2 Å². The molecule has 0 bridgehead atoms. The summed E-state index contributed by atoms with van der Waals surface area (Å²) in [7, 11) is 1.70. The molecule has 2 aromatic rings. The molecule has 1 aliphatic rings. The summed E-state index contributed by atoms with van der Waals surface area (Å²) < 4.78 is 5.23. The molecule has 126 valence electrons. The van der Waals surface area contributed by atoms with Gasteiger partial charge in [-0.3, -0.25) is 0 Å². The number of thiocarbonyl (C=S) groups is 1. The van der Waals surface area contributed by atoms with Crippen molar-refractivity contribution < 1.29 is 4.74 Å². The standard InChI is InChI=1S/C20H24N2OS/c1-3-16-4-6-17(7-5-16)20(24)22-14-12-21(13-15-22)18-8-10-19(23-2)11-9-18/h4-11H,3,12-15H2,1-2H3. The molecule has 1 heterocycles. The summed E-state index contributed by atoms with van der Waals surface area (Å²) in [5, 5.41) is 0. The van der Waals surface area contributed by atoms with Crippen LogP contribution in [0.2, 0.25) is 0 Å². The SMILES string of the molecule is CCc1ccc(C(=S)N2CCN(c3ccc(OC)cc3)CC2)cc1. The molecular weight excluding hydrogens is 316 g/mol. The molecule has 4 heteroatoms. The first-order valence-electron chi connectivity index (χ1n) is 8.48. The van der Waals surface area contributed by atoms with Gasteiger partial charge in [0.25, 0.3) is 0 Å². The molecule has 0 aromatic heterocycles. The topological polar surface area (TPSA) is 15.7 Å². The number of aryl methyl sites for hydroxylation is 1. The monoisotopic (exact) mass is 340 g/mol. The van der Waals surface area contributed by atoms with E-state index >= 15 is 0 Å². The second-order valence-electron chi connectivity index (χ2n) is 6.03. The Bertz CT molecular complexity index is 674. The van der Waals surface area contributed by atoms with Crippen LogP contribution in [0, 0.1) is 0 Å². The Hall–Kier alpha value is -2.07. The van der Waals surface area contributed by atoms with Gasteiger partial charge in [0.1, 0.15) is 10.7 Å². The third-order valence-corrected chi connectivity index (χ3v) is 5.11. The highest BCUT2D eigenvalue weighted by Gasteiger charge is 2.20. The first-order chi connectivity index (χ1) is 11.7. The van der Waals surface area contributed by atoms with Gasteiger partial charge < -0.3 is 14.5 Å². The third-order valence-electron chi connectivity index (χ3n) is 4.61. The lowest BCUT2D eigenvalue weighted by molar-refractivity contribution is 0.392. The highest BCUT2D eigenvalue weighted by Crippen LogP contribution is 2.21. The zero-order valence-electron chi connectivity index (χ0n) is 14.4. The molecule has 3 rings (SSSR count). The number of methoxy groups -OCH3 is 1. The molecule has 0 aliphatic carbocycles. The summed E-state index contributed by atoms with van der Waals surface area (Å²) in [6.45, 7) is 6.06. The number of hydrogen-bond donors (Lipinski definition) is 0. The van der Waals surface area contributed by atoms with E-state index in [4.69, 9.17) is 17.0 Å². The Labute approximate surface area is 149 Å². The average molecular weight is 340 g/mol. The van der Waals surface area contributed by atoms with Crippen molar-refractivity contribution in [3.8, 4) is 5.75 Å². The zero-order chi connectivity index (χ0) is 16.9. The van der Waals surface area contributed by atoms with Crippen LogP contribution in [0.5, 0.6) is 5.75 Å². The molecule has 0 radical (unpaired) electrons. The van der Waals surface area contributed by atoms with Crippen LogP contribution in [0.3, 0.4) is 0 Å². The van der Waals surface area contributed by atoms with Crippen LogP contribution < -0.4 is 9.64 Å². The fourth-order valence-electron chi connectivity index (χ4n) is 3.03. The highest BCUT2D eigenvalue weighted by molar-refractivity contribution is 7.80. The second kappa shape index (κ2) is 7.67. The van der Waals surface area contributed by atoms with E-state index in [0.717, 1.165) is 48.9 Å². The minimum Gasteiger partial charge on any atom is -0.497 e. The van der Waals surface area contributed by atoms with E-state index in [1.165, 1.54) is 11.3 Å². The van der Waals surface area contributed by atoms with Gasteiger partial charge in [0.15, 0.2) is 0 Å². The Kier molecular flexibility index (Phi) is 5.36. The number of rotatable bonds is 4. The normalized spacial score (nSPS) is 14.6. The molecular formula is C20H24N2OS. The Morgan fingerprint density at radius 3 is 2.12 bits per heavy atom. The number of ether oxygens (including phenoxy) is 1. The van der Waals surface area contributed by atoms with Crippen LogP contribution in [0.15, 0.2) is 48.5 Å². The molecule has 0 unspecified atom stereocenters. The van der Waals surface area contributed by atoms with E-state index in [-0.39, 0.29) is 0 Å². The number of piperazine rings is 1. The minimum absolute atomic E-state index is 0.897. The molecule has 0 atom stereocenters. The number of anilines is 1. The summed E-state index contributed by atoms with van der Waals surface area (Å²) in [5.74, 6) is 0.897. The molecule has 1 aliphatic heterocycles. The third kappa shape index (κ3) is 3.70. The zero-order valence-corrected chi connectivity index (χ0v) is 15.2. The lowest BCUT2D eigenvalue weighted by Gasteiger charge is -2.37. The fraction of sp³-hybridized carbons (Fsp3) is 0.350. The van der Waals surface area contributed by atoms with Crippen molar-refractivity contribution in [2.24, 2.45) is 0 Å². The van der Waals surface area contributed by atoms with Gasteiger partial charge in [0.05, 0.1) is 7.11 Å². The van der Waals surface area contributed by atoms with Crippen LogP contribution in [-0.4, -0.2) is 43.2 Å². The second-order valence-corrected chi connectivity index (χ2v) is 6.41. The molecule has 2 aromatic carbocycles. The van der Waals surface area contributed by atoms with E-state index < -0.39 is 0 Å². The predicted molar refractivity (Wildman–Crippen MR) is 104 cm³/mol. The van der Waals surface area contributed by atoms with Crippen molar-refractivity contribution in [1.82, 2.24) is 4.90 Å². The molecule has 1 saturated heterocycles. The van der Waals surface area contributed by atoms with Crippen molar-refractivity contribution in [2.45, 2.75) is 13.3 Å². The van der Waals surface area contributed by atoms with E-state index in [1.54, 1.807) is 7.11 Å². The smallest absolute Gasteiger partial charge is 0.119 e. The minimum atomic E-state index is 0.897. The summed E-state index contributed by atoms with van der Waals surface area (Å²) in [6, 6.07) is 16.9. The molecule has 0 saturated carbocycles. The van der Waals surface area contributed by atoms with Gasteiger partial charge in [0.2, 0.25) is 0 Å². The molecule has 24 heavy (non-hydrogen) atoms. The average Bonchev–Trinajstić information content (AvgIpc) is 2.68. The lowest BCUT2D eigenvalue weighted by atomic mass is 10.1. The molecule has 3 nitrogen and oxygen atoms in total. The van der Waals surface area contributed by atoms with Crippen LogP contribution in [0.4, 0.5) is 5.69 Å². The van der Waals surface area contributed by atoms with Crippen molar-refractivity contribution in [1.29, 1.82) is 0 Å². The summed E-state index contributed by atoms with van der Waals surface area (Å²) >= 11 is 5.70. The first kappa shape index (κ1) is 16.8. The molecule has 0 N–H and O–H groups in total. The van der Waals surface area contributed by atoms with Gasteiger partial charge >= 0.3 is 0 Å². The van der Waals surface area contributed by atoms with Crippen LogP contribution in [0.1, 0.15) is 18.1 Å². The van der Waals surface area contributed by atoms with Gasteiger partial charge in [0, 0.05) is 37.4 Å². The quantitative estimate of drug-likeness (QED) is 0.787. The van der Waals surface area contributed by atoms with Gasteiger partial charge in [-0.25, -0.2) is 0 Å². The molecule has 0 amide bonds. The van der Waals surface area contributed by atoms with E-state index in [9.17, 15) is 0 Å². The van der Waals surface area contributed by atoms with Crippen molar-refractivity contribution in [3.05, 3.63) is 59.7 Å². The van der Waals surface area contributed by atoms with E-state index in [0.29, 0.717) is 0 Å². The van der Waals surface area contributed by atoms with Crippen molar-refractivity contribution in [3.63, 3.8) is 0 Å². The molecule has 1 fully saturated rings. The maximum absolute atomic E-state index is 5.70. The van der Waals surface area contributed by atoms with Crippen molar-refractivity contribution >= 4 is 22.9 Å². The largest absolute Gasteiger partial charge is 0.497 e. The van der Waals surface area contributed by atoms with Gasteiger partial charge in [-0.05, 0) is 36.2 Å². The summed E-state index contributed by atoms with van der Waals surface area (Å²) in [5.41, 5.74) is 3.75. The van der Waals surface area contributed by atoms with Crippen LogP contribution in [-0.2, 0) is 6.42 Å². The maximum atomic E-state index is 5.70. The van der Waals surface area contributed by atoms with Gasteiger partial charge in [-0.15, -0.1) is 0 Å². The van der Waals surface area contributed by atoms with E-state index in [2.05, 4.69) is 53.1 Å².